The van der Waals surface area contributed by atoms with Crippen LogP contribution >= 0.6 is 0 Å². The van der Waals surface area contributed by atoms with E-state index in [1.807, 2.05) is 0 Å². The maximum absolute atomic E-state index is 11.1. The molecule has 0 saturated heterocycles. The van der Waals surface area contributed by atoms with Crippen LogP contribution in [-0.4, -0.2) is 29.3 Å². The van der Waals surface area contributed by atoms with Crippen LogP contribution in [0.1, 0.15) is 28.0 Å². The number of aryl methyl sites for hydroxylation is 1. The predicted molar refractivity (Wildman–Crippen MR) is 47.4 cm³/mol. The fourth-order valence-corrected chi connectivity index (χ4v) is 1.07. The third-order valence-corrected chi connectivity index (χ3v) is 1.85. The lowest BCUT2D eigenvalue weighted by Crippen LogP contribution is -2.09. The highest BCUT2D eigenvalue weighted by molar-refractivity contribution is 5.90. The second-order valence-electron chi connectivity index (χ2n) is 2.85. The summed E-state index contributed by atoms with van der Waals surface area (Å²) in [6.07, 6.45) is -1.78. The van der Waals surface area contributed by atoms with Gasteiger partial charge in [-0.1, -0.05) is 0 Å². The quantitative estimate of drug-likeness (QED) is 0.711. The Morgan fingerprint density at radius 2 is 2.13 bits per heavy atom. The molecule has 1 aromatic rings. The minimum atomic E-state index is -1.78. The number of aliphatic carboxylic acids is 1. The molecule has 0 aliphatic heterocycles. The van der Waals surface area contributed by atoms with Crippen LogP contribution in [0.15, 0.2) is 10.5 Å². The Kier molecular flexibility index (Phi) is 3.11. The number of rotatable bonds is 3. The smallest absolute Gasteiger partial charge is 0.341 e. The first kappa shape index (κ1) is 11.3. The average molecular weight is 214 g/mol. The summed E-state index contributed by atoms with van der Waals surface area (Å²) in [6.45, 7) is 1.48. The van der Waals surface area contributed by atoms with Gasteiger partial charge in [0.1, 0.15) is 17.1 Å². The molecule has 6 nitrogen and oxygen atoms in total. The molecule has 0 spiro atoms. The van der Waals surface area contributed by atoms with E-state index in [0.717, 1.165) is 6.07 Å². The van der Waals surface area contributed by atoms with Crippen LogP contribution in [0.2, 0.25) is 0 Å². The molecule has 6 heteroatoms. The number of carbonyl (C=O) groups is 2. The number of furan rings is 1. The van der Waals surface area contributed by atoms with Crippen LogP contribution in [0.3, 0.4) is 0 Å². The molecule has 2 N–H and O–H groups in total. The van der Waals surface area contributed by atoms with Crippen molar-refractivity contribution in [2.45, 2.75) is 13.0 Å². The highest BCUT2D eigenvalue weighted by Crippen LogP contribution is 2.21. The predicted octanol–water partition coefficient (Wildman–Crippen LogP) is 0.493. The number of esters is 1. The molecule has 1 aromatic heterocycles. The molecule has 0 fully saturated rings. The number of carboxylic acid groups (broad SMARTS) is 1. The van der Waals surface area contributed by atoms with Crippen molar-refractivity contribution >= 4 is 11.9 Å². The Labute approximate surface area is 85.1 Å². The van der Waals surface area contributed by atoms with Gasteiger partial charge in [-0.2, -0.15) is 0 Å². The van der Waals surface area contributed by atoms with Crippen LogP contribution in [-0.2, 0) is 9.53 Å². The van der Waals surface area contributed by atoms with Crippen molar-refractivity contribution in [3.05, 3.63) is 23.2 Å². The number of aliphatic hydroxyl groups is 1. The van der Waals surface area contributed by atoms with E-state index < -0.39 is 18.0 Å². The minimum absolute atomic E-state index is 0.104. The van der Waals surface area contributed by atoms with Gasteiger partial charge in [0.05, 0.1) is 7.11 Å². The molecule has 1 unspecified atom stereocenters. The molecule has 0 bridgehead atoms. The molecule has 1 atom stereocenters. The Balaban J connectivity index is 3.05. The molecule has 1 rings (SSSR count). The summed E-state index contributed by atoms with van der Waals surface area (Å²) < 4.78 is 9.37. The van der Waals surface area contributed by atoms with Crippen molar-refractivity contribution in [3.8, 4) is 0 Å². The fourth-order valence-electron chi connectivity index (χ4n) is 1.07. The molecule has 1 heterocycles. The van der Waals surface area contributed by atoms with E-state index in [1.165, 1.54) is 14.0 Å². The number of carboxylic acids is 1. The summed E-state index contributed by atoms with van der Waals surface area (Å²) >= 11 is 0. The number of carbonyl (C=O) groups excluding carboxylic acids is 1. The minimum Gasteiger partial charge on any atom is -0.479 e. The lowest BCUT2D eigenvalue weighted by molar-refractivity contribution is -0.147. The molecule has 0 saturated carbocycles. The van der Waals surface area contributed by atoms with Gasteiger partial charge in [-0.05, 0) is 13.0 Å². The highest BCUT2D eigenvalue weighted by Gasteiger charge is 2.24. The number of aliphatic hydroxyl groups excluding tert-OH is 1. The van der Waals surface area contributed by atoms with E-state index >= 15 is 0 Å². The van der Waals surface area contributed by atoms with Crippen LogP contribution in [0.4, 0.5) is 0 Å². The van der Waals surface area contributed by atoms with E-state index in [0.29, 0.717) is 0 Å². The maximum Gasteiger partial charge on any atom is 0.341 e. The number of hydrogen-bond acceptors (Lipinski definition) is 5. The van der Waals surface area contributed by atoms with Crippen molar-refractivity contribution < 1.29 is 29.0 Å². The summed E-state index contributed by atoms with van der Waals surface area (Å²) in [6, 6.07) is 1.15. The molecule has 0 amide bonds. The second-order valence-corrected chi connectivity index (χ2v) is 2.85. The normalized spacial score (nSPS) is 12.2. The summed E-state index contributed by atoms with van der Waals surface area (Å²) in [7, 11) is 1.20. The highest BCUT2D eigenvalue weighted by atomic mass is 16.5. The van der Waals surface area contributed by atoms with Gasteiger partial charge >= 0.3 is 11.9 Å². The Morgan fingerprint density at radius 1 is 1.53 bits per heavy atom. The first-order valence-electron chi connectivity index (χ1n) is 4.07. The summed E-state index contributed by atoms with van der Waals surface area (Å²) in [4.78, 5) is 21.6. The molecule has 0 aliphatic rings. The second kappa shape index (κ2) is 4.14. The summed E-state index contributed by atoms with van der Waals surface area (Å²) in [5.41, 5.74) is 0.104. The van der Waals surface area contributed by atoms with Crippen LogP contribution in [0.5, 0.6) is 0 Å². The maximum atomic E-state index is 11.1. The lowest BCUT2D eigenvalue weighted by Gasteiger charge is -1.98. The van der Waals surface area contributed by atoms with Gasteiger partial charge in [0, 0.05) is 0 Å². The standard InChI is InChI=1S/C9H10O6/c1-4-5(9(13)14-2)3-6(15-4)7(10)8(11)12/h3,7,10H,1-2H3,(H,11,12). The van der Waals surface area contributed by atoms with Crippen LogP contribution < -0.4 is 0 Å². The van der Waals surface area contributed by atoms with Crippen molar-refractivity contribution in [2.75, 3.05) is 7.11 Å². The van der Waals surface area contributed by atoms with Crippen LogP contribution in [0, 0.1) is 6.92 Å². The van der Waals surface area contributed by atoms with Crippen molar-refractivity contribution in [3.63, 3.8) is 0 Å². The van der Waals surface area contributed by atoms with Gasteiger partial charge in [-0.15, -0.1) is 0 Å². The van der Waals surface area contributed by atoms with Gasteiger partial charge in [-0.25, -0.2) is 9.59 Å². The summed E-state index contributed by atoms with van der Waals surface area (Å²) in [5.74, 6) is -2.07. The van der Waals surface area contributed by atoms with Crippen molar-refractivity contribution in [1.29, 1.82) is 0 Å². The SMILES string of the molecule is COC(=O)c1cc(C(O)C(=O)O)oc1C. The molecular weight excluding hydrogens is 204 g/mol. The van der Waals surface area contributed by atoms with E-state index in [-0.39, 0.29) is 17.1 Å². The van der Waals surface area contributed by atoms with Gasteiger partial charge in [0.2, 0.25) is 6.10 Å². The monoisotopic (exact) mass is 214 g/mol. The largest absolute Gasteiger partial charge is 0.479 e. The topological polar surface area (TPSA) is 97.0 Å². The molecule has 0 aromatic carbocycles. The zero-order valence-electron chi connectivity index (χ0n) is 8.18. The molecular formula is C9H10O6. The van der Waals surface area contributed by atoms with Gasteiger partial charge in [0.15, 0.2) is 0 Å². The first-order valence-corrected chi connectivity index (χ1v) is 4.07. The summed E-state index contributed by atoms with van der Waals surface area (Å²) in [5, 5.41) is 17.6. The van der Waals surface area contributed by atoms with Crippen molar-refractivity contribution in [2.24, 2.45) is 0 Å². The lowest BCUT2D eigenvalue weighted by atomic mass is 10.2. The van der Waals surface area contributed by atoms with Gasteiger partial charge < -0.3 is 19.4 Å². The van der Waals surface area contributed by atoms with Gasteiger partial charge in [0.25, 0.3) is 0 Å². The van der Waals surface area contributed by atoms with E-state index in [9.17, 15) is 9.59 Å². The molecule has 15 heavy (non-hydrogen) atoms. The molecule has 0 radical (unpaired) electrons. The molecule has 0 aliphatic carbocycles. The number of hydrogen-bond donors (Lipinski definition) is 2. The first-order chi connectivity index (χ1) is 6.97. The molecule has 82 valence electrons. The Morgan fingerprint density at radius 3 is 2.60 bits per heavy atom. The van der Waals surface area contributed by atoms with Crippen LogP contribution in [0.25, 0.3) is 0 Å². The number of ether oxygens (including phenoxy) is 1. The Bertz CT molecular complexity index is 391. The fraction of sp³-hybridized carbons (Fsp3) is 0.333. The van der Waals surface area contributed by atoms with Crippen molar-refractivity contribution in [1.82, 2.24) is 0 Å². The third kappa shape index (κ3) is 2.16. The van der Waals surface area contributed by atoms with E-state index in [2.05, 4.69) is 4.74 Å². The average Bonchev–Trinajstić information content (AvgIpc) is 2.57. The van der Waals surface area contributed by atoms with E-state index in [4.69, 9.17) is 14.6 Å². The third-order valence-electron chi connectivity index (χ3n) is 1.85. The van der Waals surface area contributed by atoms with Gasteiger partial charge in [-0.3, -0.25) is 0 Å². The zero-order chi connectivity index (χ0) is 11.6. The number of methoxy groups -OCH3 is 1. The Hall–Kier alpha value is -1.82. The zero-order valence-corrected chi connectivity index (χ0v) is 8.18. The van der Waals surface area contributed by atoms with E-state index in [1.54, 1.807) is 0 Å².